The molecule has 2 aromatic heterocycles. The van der Waals surface area contributed by atoms with Crippen molar-refractivity contribution in [3.8, 4) is 5.69 Å². The van der Waals surface area contributed by atoms with Crippen LogP contribution in [0.25, 0.3) is 27.6 Å². The second-order valence-electron chi connectivity index (χ2n) is 8.59. The Kier molecular flexibility index (Phi) is 8.86. The number of unbranched alkanes of at least 4 members (excludes halogenated alkanes) is 1. The standard InChI is InChI=1S/C22H22N2.C4H10.C3H8/c1-13-10-15(3)21(16(4)11-13)24-19-9-7-6-8-18(19)20-14(2)12-17(5)23-22(20)24;1-3-4-2;1-3-2/h6-12H,1-5H3;3-4H2,1-2H3;3H2,1-2H3. The van der Waals surface area contributed by atoms with E-state index < -0.39 is 0 Å². The second-order valence-corrected chi connectivity index (χ2v) is 8.59. The highest BCUT2D eigenvalue weighted by molar-refractivity contribution is 6.09. The normalized spacial score (nSPS) is 10.5. The zero-order valence-electron chi connectivity index (χ0n) is 21.1. The molecule has 0 N–H and O–H groups in total. The summed E-state index contributed by atoms with van der Waals surface area (Å²) < 4.78 is 2.34. The highest BCUT2D eigenvalue weighted by Gasteiger charge is 2.18. The molecule has 2 heterocycles. The monoisotopic (exact) mass is 416 g/mol. The molecule has 4 aromatic rings. The van der Waals surface area contributed by atoms with Crippen LogP contribution in [0.5, 0.6) is 0 Å². The molecule has 2 heteroatoms. The van der Waals surface area contributed by atoms with Crippen LogP contribution >= 0.6 is 0 Å². The molecular weight excluding hydrogens is 376 g/mol. The average Bonchev–Trinajstić information content (AvgIpc) is 3.02. The van der Waals surface area contributed by atoms with E-state index in [1.54, 1.807) is 0 Å². The summed E-state index contributed by atoms with van der Waals surface area (Å²) in [6.07, 6.45) is 3.89. The van der Waals surface area contributed by atoms with Gasteiger partial charge in [0.05, 0.1) is 11.2 Å². The van der Waals surface area contributed by atoms with E-state index in [0.29, 0.717) is 0 Å². The predicted molar refractivity (Wildman–Crippen MR) is 139 cm³/mol. The van der Waals surface area contributed by atoms with Crippen LogP contribution in [0.3, 0.4) is 0 Å². The molecule has 0 saturated carbocycles. The molecular formula is C29H40N2. The summed E-state index contributed by atoms with van der Waals surface area (Å²) in [5, 5.41) is 2.53. The maximum Gasteiger partial charge on any atom is 0.146 e. The number of fused-ring (bicyclic) bond motifs is 3. The lowest BCUT2D eigenvalue weighted by Crippen LogP contribution is -2.02. The van der Waals surface area contributed by atoms with Crippen molar-refractivity contribution >= 4 is 21.9 Å². The van der Waals surface area contributed by atoms with Gasteiger partial charge in [-0.2, -0.15) is 0 Å². The van der Waals surface area contributed by atoms with Crippen molar-refractivity contribution in [3.63, 3.8) is 0 Å². The number of benzene rings is 2. The van der Waals surface area contributed by atoms with E-state index in [4.69, 9.17) is 4.98 Å². The van der Waals surface area contributed by atoms with Crippen molar-refractivity contribution in [3.05, 3.63) is 70.4 Å². The Morgan fingerprint density at radius 1 is 0.742 bits per heavy atom. The molecule has 2 nitrogen and oxygen atoms in total. The van der Waals surface area contributed by atoms with Crippen LogP contribution in [0.15, 0.2) is 42.5 Å². The van der Waals surface area contributed by atoms with Gasteiger partial charge in [-0.05, 0) is 63.4 Å². The summed E-state index contributed by atoms with van der Waals surface area (Å²) in [7, 11) is 0. The molecule has 2 aromatic carbocycles. The smallest absolute Gasteiger partial charge is 0.146 e. The fraction of sp³-hybridized carbons (Fsp3) is 0.414. The molecule has 31 heavy (non-hydrogen) atoms. The average molecular weight is 417 g/mol. The summed E-state index contributed by atoms with van der Waals surface area (Å²) in [6, 6.07) is 15.3. The molecule has 0 atom stereocenters. The van der Waals surface area contributed by atoms with Crippen LogP contribution in [0.1, 0.15) is 74.9 Å². The van der Waals surface area contributed by atoms with Gasteiger partial charge in [-0.1, -0.05) is 82.9 Å². The van der Waals surface area contributed by atoms with Crippen LogP contribution in [-0.2, 0) is 0 Å². The highest BCUT2D eigenvalue weighted by Crippen LogP contribution is 2.35. The van der Waals surface area contributed by atoms with Crippen molar-refractivity contribution in [1.29, 1.82) is 0 Å². The number of nitrogens with zero attached hydrogens (tertiary/aromatic N) is 2. The summed E-state index contributed by atoms with van der Waals surface area (Å²) in [6.45, 7) is 19.4. The third-order valence-electron chi connectivity index (χ3n) is 5.31. The van der Waals surface area contributed by atoms with Gasteiger partial charge >= 0.3 is 0 Å². The number of rotatable bonds is 2. The van der Waals surface area contributed by atoms with Crippen LogP contribution in [0.4, 0.5) is 0 Å². The fourth-order valence-corrected chi connectivity index (χ4v) is 4.06. The van der Waals surface area contributed by atoms with Crippen molar-refractivity contribution in [1.82, 2.24) is 9.55 Å². The molecule has 0 aliphatic heterocycles. The van der Waals surface area contributed by atoms with Gasteiger partial charge in [0.1, 0.15) is 5.65 Å². The molecule has 0 saturated heterocycles. The van der Waals surface area contributed by atoms with E-state index in [1.807, 2.05) is 0 Å². The lowest BCUT2D eigenvalue weighted by atomic mass is 10.0. The van der Waals surface area contributed by atoms with Gasteiger partial charge < -0.3 is 0 Å². The lowest BCUT2D eigenvalue weighted by Gasteiger charge is -2.15. The van der Waals surface area contributed by atoms with Crippen molar-refractivity contribution in [2.45, 2.75) is 81.6 Å². The summed E-state index contributed by atoms with van der Waals surface area (Å²) in [5.41, 5.74) is 9.76. The van der Waals surface area contributed by atoms with Gasteiger partial charge in [-0.15, -0.1) is 0 Å². The number of hydrogen-bond acceptors (Lipinski definition) is 1. The minimum atomic E-state index is 1.06. The van der Waals surface area contributed by atoms with Crippen molar-refractivity contribution in [2.24, 2.45) is 0 Å². The number of aromatic nitrogens is 2. The largest absolute Gasteiger partial charge is 0.293 e. The Labute approximate surface area is 189 Å². The molecule has 0 aliphatic carbocycles. The zero-order chi connectivity index (χ0) is 23.1. The molecule has 0 bridgehead atoms. The Balaban J connectivity index is 0.000000431. The van der Waals surface area contributed by atoms with E-state index in [2.05, 4.69) is 109 Å². The molecule has 0 spiro atoms. The maximum absolute atomic E-state index is 4.92. The fourth-order valence-electron chi connectivity index (χ4n) is 4.06. The van der Waals surface area contributed by atoms with E-state index in [-0.39, 0.29) is 0 Å². The summed E-state index contributed by atoms with van der Waals surface area (Å²) >= 11 is 0. The topological polar surface area (TPSA) is 17.8 Å². The third kappa shape index (κ3) is 5.36. The first-order chi connectivity index (χ1) is 14.8. The SMILES string of the molecule is CCC.CCCC.Cc1cc(C)c(-n2c3ccccc3c3c(C)cc(C)nc32)c(C)c1. The van der Waals surface area contributed by atoms with Crippen molar-refractivity contribution < 1.29 is 0 Å². The number of para-hydroxylation sites is 1. The van der Waals surface area contributed by atoms with Gasteiger partial charge in [0, 0.05) is 16.5 Å². The molecule has 0 fully saturated rings. The predicted octanol–water partition coefficient (Wildman–Crippen LogP) is 8.94. The third-order valence-corrected chi connectivity index (χ3v) is 5.31. The Morgan fingerprint density at radius 2 is 1.29 bits per heavy atom. The summed E-state index contributed by atoms with van der Waals surface area (Å²) in [4.78, 5) is 4.92. The van der Waals surface area contributed by atoms with Gasteiger partial charge in [-0.25, -0.2) is 4.98 Å². The van der Waals surface area contributed by atoms with Crippen LogP contribution < -0.4 is 0 Å². The number of hydrogen-bond donors (Lipinski definition) is 0. The van der Waals surface area contributed by atoms with Crippen LogP contribution in [-0.4, -0.2) is 9.55 Å². The Morgan fingerprint density at radius 3 is 1.84 bits per heavy atom. The number of pyridine rings is 1. The quantitative estimate of drug-likeness (QED) is 0.319. The molecule has 0 radical (unpaired) electrons. The molecule has 4 rings (SSSR count). The first-order valence-corrected chi connectivity index (χ1v) is 11.8. The van der Waals surface area contributed by atoms with Crippen molar-refractivity contribution in [2.75, 3.05) is 0 Å². The Bertz CT molecular complexity index is 1120. The highest BCUT2D eigenvalue weighted by atomic mass is 15.1. The van der Waals surface area contributed by atoms with Gasteiger partial charge in [-0.3, -0.25) is 4.57 Å². The van der Waals surface area contributed by atoms with E-state index in [0.717, 1.165) is 11.3 Å². The van der Waals surface area contributed by atoms with E-state index >= 15 is 0 Å². The summed E-state index contributed by atoms with van der Waals surface area (Å²) in [5.74, 6) is 0. The zero-order valence-corrected chi connectivity index (χ0v) is 21.1. The number of aryl methyl sites for hydroxylation is 5. The Hall–Kier alpha value is -2.61. The van der Waals surface area contributed by atoms with Crippen LogP contribution in [0.2, 0.25) is 0 Å². The first kappa shape index (κ1) is 24.7. The van der Waals surface area contributed by atoms with Crippen LogP contribution in [0, 0.1) is 34.6 Å². The lowest BCUT2D eigenvalue weighted by molar-refractivity contribution is 0.886. The molecule has 0 amide bonds. The van der Waals surface area contributed by atoms with E-state index in [9.17, 15) is 0 Å². The first-order valence-electron chi connectivity index (χ1n) is 11.8. The van der Waals surface area contributed by atoms with Gasteiger partial charge in [0.25, 0.3) is 0 Å². The maximum atomic E-state index is 4.92. The minimum absolute atomic E-state index is 1.06. The molecule has 166 valence electrons. The minimum Gasteiger partial charge on any atom is -0.293 e. The molecule has 0 aliphatic rings. The van der Waals surface area contributed by atoms with Gasteiger partial charge in [0.15, 0.2) is 0 Å². The molecule has 0 unspecified atom stereocenters. The van der Waals surface area contributed by atoms with E-state index in [1.165, 1.54) is 63.5 Å². The van der Waals surface area contributed by atoms with Gasteiger partial charge in [0.2, 0.25) is 0 Å². The second kappa shape index (κ2) is 11.1.